The van der Waals surface area contributed by atoms with Gasteiger partial charge in [0, 0.05) is 13.6 Å². The minimum Gasteiger partial charge on any atom is -0.480 e. The predicted molar refractivity (Wildman–Crippen MR) is 78.6 cm³/mol. The van der Waals surface area contributed by atoms with Crippen LogP contribution >= 0.6 is 0 Å². The molecule has 1 rings (SSSR count). The van der Waals surface area contributed by atoms with Crippen LogP contribution in [0.15, 0.2) is 0 Å². The summed E-state index contributed by atoms with van der Waals surface area (Å²) in [4.78, 5) is 25.0. The summed E-state index contributed by atoms with van der Waals surface area (Å²) in [6.07, 6.45) is 6.84. The quantitative estimate of drug-likeness (QED) is 0.788. The fourth-order valence-electron chi connectivity index (χ4n) is 2.77. The highest BCUT2D eigenvalue weighted by atomic mass is 16.4. The molecular weight excluding hydrogens is 256 g/mol. The summed E-state index contributed by atoms with van der Waals surface area (Å²) in [5.41, 5.74) is 0. The Morgan fingerprint density at radius 3 is 2.40 bits per heavy atom. The summed E-state index contributed by atoms with van der Waals surface area (Å²) >= 11 is 0. The van der Waals surface area contributed by atoms with Crippen LogP contribution in [0.5, 0.6) is 0 Å². The summed E-state index contributed by atoms with van der Waals surface area (Å²) < 4.78 is 0. The Kier molecular flexibility index (Phi) is 6.82. The molecule has 0 aromatic heterocycles. The van der Waals surface area contributed by atoms with Crippen LogP contribution < -0.4 is 5.32 Å². The van der Waals surface area contributed by atoms with Gasteiger partial charge >= 0.3 is 12.0 Å². The molecule has 2 atom stereocenters. The van der Waals surface area contributed by atoms with Crippen molar-refractivity contribution < 1.29 is 14.7 Å². The molecular formula is C15H28N2O3. The Hall–Kier alpha value is -1.26. The number of hydrogen-bond acceptors (Lipinski definition) is 2. The van der Waals surface area contributed by atoms with E-state index in [1.165, 1.54) is 32.1 Å². The van der Waals surface area contributed by atoms with E-state index in [1.807, 2.05) is 13.8 Å². The largest absolute Gasteiger partial charge is 0.480 e. The maximum atomic E-state index is 12.1. The first kappa shape index (κ1) is 16.8. The lowest BCUT2D eigenvalue weighted by molar-refractivity contribution is -0.140. The van der Waals surface area contributed by atoms with Crippen LogP contribution in [0.2, 0.25) is 0 Å². The van der Waals surface area contributed by atoms with E-state index in [-0.39, 0.29) is 11.9 Å². The van der Waals surface area contributed by atoms with Gasteiger partial charge in [-0.1, -0.05) is 39.5 Å². The van der Waals surface area contributed by atoms with Gasteiger partial charge in [-0.3, -0.25) is 0 Å². The molecule has 0 aromatic carbocycles. The van der Waals surface area contributed by atoms with Crippen LogP contribution in [-0.2, 0) is 4.79 Å². The lowest BCUT2D eigenvalue weighted by Crippen LogP contribution is -2.50. The molecule has 2 N–H and O–H groups in total. The Morgan fingerprint density at radius 1 is 1.30 bits per heavy atom. The first-order valence-corrected chi connectivity index (χ1v) is 7.70. The number of hydrogen-bond donors (Lipinski definition) is 2. The van der Waals surface area contributed by atoms with Gasteiger partial charge in [0.05, 0.1) is 0 Å². The van der Waals surface area contributed by atoms with Gasteiger partial charge in [0.1, 0.15) is 6.04 Å². The summed E-state index contributed by atoms with van der Waals surface area (Å²) in [5.74, 6) is -0.468. The predicted octanol–water partition coefficient (Wildman–Crippen LogP) is 2.71. The zero-order valence-corrected chi connectivity index (χ0v) is 12.9. The van der Waals surface area contributed by atoms with Gasteiger partial charge in [0.15, 0.2) is 0 Å². The van der Waals surface area contributed by atoms with Gasteiger partial charge in [-0.25, -0.2) is 9.59 Å². The second kappa shape index (κ2) is 8.12. The highest BCUT2D eigenvalue weighted by Gasteiger charge is 2.27. The Labute approximate surface area is 121 Å². The Bertz CT molecular complexity index is 327. The van der Waals surface area contributed by atoms with Crippen molar-refractivity contribution in [1.82, 2.24) is 10.2 Å². The molecule has 0 radical (unpaired) electrons. The molecule has 0 saturated heterocycles. The lowest BCUT2D eigenvalue weighted by atomic mass is 9.89. The van der Waals surface area contributed by atoms with Gasteiger partial charge in [0.2, 0.25) is 0 Å². The zero-order valence-electron chi connectivity index (χ0n) is 12.9. The standard InChI is InChI=1S/C15H28N2O3/c1-4-11(2)13(14(18)19)16-15(20)17(3)10-12-8-6-5-7-9-12/h11-13H,4-10H2,1-3H3,(H,16,20)(H,18,19)/t11-,13-/m0/s1. The first-order valence-electron chi connectivity index (χ1n) is 7.70. The summed E-state index contributed by atoms with van der Waals surface area (Å²) in [6, 6.07) is -1.08. The third-order valence-corrected chi connectivity index (χ3v) is 4.36. The second-order valence-corrected chi connectivity index (χ2v) is 6.04. The van der Waals surface area contributed by atoms with Crippen LogP contribution in [0.3, 0.4) is 0 Å². The van der Waals surface area contributed by atoms with Crippen LogP contribution in [0.1, 0.15) is 52.4 Å². The molecule has 0 unspecified atom stereocenters. The molecule has 0 bridgehead atoms. The fraction of sp³-hybridized carbons (Fsp3) is 0.867. The van der Waals surface area contributed by atoms with Crippen molar-refractivity contribution in [3.05, 3.63) is 0 Å². The number of urea groups is 1. The molecule has 20 heavy (non-hydrogen) atoms. The number of carboxylic acid groups (broad SMARTS) is 1. The van der Waals surface area contributed by atoms with Gasteiger partial charge in [-0.15, -0.1) is 0 Å². The number of nitrogens with one attached hydrogen (secondary N) is 1. The maximum Gasteiger partial charge on any atom is 0.326 e. The topological polar surface area (TPSA) is 69.6 Å². The Balaban J connectivity index is 2.48. The van der Waals surface area contributed by atoms with Crippen molar-refractivity contribution in [3.63, 3.8) is 0 Å². The molecule has 1 aliphatic carbocycles. The second-order valence-electron chi connectivity index (χ2n) is 6.04. The molecule has 0 aliphatic heterocycles. The van der Waals surface area contributed by atoms with Gasteiger partial charge in [-0.2, -0.15) is 0 Å². The number of carbonyl (C=O) groups excluding carboxylic acids is 1. The SMILES string of the molecule is CC[C@H](C)[C@H](NC(=O)N(C)CC1CCCCC1)C(=O)O. The van der Waals surface area contributed by atoms with Crippen LogP contribution in [0, 0.1) is 11.8 Å². The van der Waals surface area contributed by atoms with Crippen molar-refractivity contribution in [2.24, 2.45) is 11.8 Å². The van der Waals surface area contributed by atoms with Crippen molar-refractivity contribution in [3.8, 4) is 0 Å². The molecule has 1 fully saturated rings. The normalized spacial score (nSPS) is 19.1. The number of amides is 2. The van der Waals surface area contributed by atoms with E-state index in [0.29, 0.717) is 5.92 Å². The number of aliphatic carboxylic acids is 1. The van der Waals surface area contributed by atoms with E-state index >= 15 is 0 Å². The summed E-state index contributed by atoms with van der Waals surface area (Å²) in [7, 11) is 1.75. The van der Waals surface area contributed by atoms with Crippen LogP contribution in [0.25, 0.3) is 0 Å². The van der Waals surface area contributed by atoms with Crippen molar-refractivity contribution >= 4 is 12.0 Å². The molecule has 0 aromatic rings. The smallest absolute Gasteiger partial charge is 0.326 e. The van der Waals surface area contributed by atoms with Gasteiger partial charge in [-0.05, 0) is 24.7 Å². The van der Waals surface area contributed by atoms with Crippen LogP contribution in [0.4, 0.5) is 4.79 Å². The number of nitrogens with zero attached hydrogens (tertiary/aromatic N) is 1. The first-order chi connectivity index (χ1) is 9.45. The molecule has 116 valence electrons. The molecule has 5 nitrogen and oxygen atoms in total. The van der Waals surface area contributed by atoms with Gasteiger partial charge < -0.3 is 15.3 Å². The van der Waals surface area contributed by atoms with E-state index in [1.54, 1.807) is 11.9 Å². The highest BCUT2D eigenvalue weighted by molar-refractivity contribution is 5.82. The van der Waals surface area contributed by atoms with Crippen LogP contribution in [-0.4, -0.2) is 41.6 Å². The molecule has 0 spiro atoms. The molecule has 0 heterocycles. The van der Waals surface area contributed by atoms with Gasteiger partial charge in [0.25, 0.3) is 0 Å². The van der Waals surface area contributed by atoms with Crippen molar-refractivity contribution in [2.45, 2.75) is 58.4 Å². The number of rotatable bonds is 6. The lowest BCUT2D eigenvalue weighted by Gasteiger charge is -2.29. The fourth-order valence-corrected chi connectivity index (χ4v) is 2.77. The third-order valence-electron chi connectivity index (χ3n) is 4.36. The maximum absolute atomic E-state index is 12.1. The monoisotopic (exact) mass is 284 g/mol. The molecule has 1 aliphatic rings. The van der Waals surface area contributed by atoms with E-state index in [0.717, 1.165) is 13.0 Å². The molecule has 5 heteroatoms. The van der Waals surface area contributed by atoms with Crippen molar-refractivity contribution in [2.75, 3.05) is 13.6 Å². The Morgan fingerprint density at radius 2 is 1.90 bits per heavy atom. The van der Waals surface area contributed by atoms with E-state index < -0.39 is 12.0 Å². The minimum atomic E-state index is -0.959. The van der Waals surface area contributed by atoms with E-state index in [4.69, 9.17) is 0 Å². The average molecular weight is 284 g/mol. The number of carbonyl (C=O) groups is 2. The molecule has 1 saturated carbocycles. The number of carboxylic acids is 1. The minimum absolute atomic E-state index is 0.0699. The average Bonchev–Trinajstić information content (AvgIpc) is 2.44. The molecule has 2 amide bonds. The van der Waals surface area contributed by atoms with E-state index in [2.05, 4.69) is 5.32 Å². The van der Waals surface area contributed by atoms with Crippen molar-refractivity contribution in [1.29, 1.82) is 0 Å². The highest BCUT2D eigenvalue weighted by Crippen LogP contribution is 2.24. The van der Waals surface area contributed by atoms with E-state index in [9.17, 15) is 14.7 Å². The zero-order chi connectivity index (χ0) is 15.1. The third kappa shape index (κ3) is 5.02. The summed E-state index contributed by atoms with van der Waals surface area (Å²) in [5, 5.41) is 11.8. The summed E-state index contributed by atoms with van der Waals surface area (Å²) in [6.45, 7) is 4.50.